The molecule has 164 valence electrons. The van der Waals surface area contributed by atoms with Crippen molar-refractivity contribution in [2.45, 2.75) is 44.6 Å². The van der Waals surface area contributed by atoms with E-state index in [2.05, 4.69) is 82.2 Å². The van der Waals surface area contributed by atoms with Crippen molar-refractivity contribution < 1.29 is 0 Å². The Balaban J connectivity index is 1.55. The van der Waals surface area contributed by atoms with Crippen molar-refractivity contribution in [2.24, 2.45) is 5.73 Å². The Morgan fingerprint density at radius 1 is 0.939 bits per heavy atom. The van der Waals surface area contributed by atoms with E-state index in [1.807, 2.05) is 12.3 Å². The summed E-state index contributed by atoms with van der Waals surface area (Å²) in [7, 11) is 0. The van der Waals surface area contributed by atoms with Crippen molar-refractivity contribution in [2.75, 3.05) is 0 Å². The molecule has 1 saturated carbocycles. The highest BCUT2D eigenvalue weighted by molar-refractivity contribution is 5.98. The van der Waals surface area contributed by atoms with Crippen LogP contribution in [0.2, 0.25) is 0 Å². The maximum Gasteiger partial charge on any atom is 0.170 e. The highest BCUT2D eigenvalue weighted by Crippen LogP contribution is 2.40. The van der Waals surface area contributed by atoms with Gasteiger partial charge in [0.1, 0.15) is 5.82 Å². The van der Waals surface area contributed by atoms with Gasteiger partial charge in [-0.3, -0.25) is 4.40 Å². The summed E-state index contributed by atoms with van der Waals surface area (Å²) in [6.07, 6.45) is 7.30. The third-order valence-corrected chi connectivity index (χ3v) is 6.98. The number of nitrogens with two attached hydrogens (primary N) is 1. The second-order valence-electron chi connectivity index (χ2n) is 9.15. The first-order valence-corrected chi connectivity index (χ1v) is 11.8. The van der Waals surface area contributed by atoms with Crippen molar-refractivity contribution in [3.05, 3.63) is 84.3 Å². The quantitative estimate of drug-likeness (QED) is 0.374. The summed E-state index contributed by atoms with van der Waals surface area (Å²) in [6.45, 7) is 2.16. The molecular formula is C28H27N5. The SMILES string of the molecule is CCCc1nnc2c3cc(-c4ccccc4)c(-c4ccc(C5(N)CCC5)cc4)nc3ccn12. The van der Waals surface area contributed by atoms with Crippen molar-refractivity contribution in [3.63, 3.8) is 0 Å². The minimum absolute atomic E-state index is 0.160. The number of nitrogens with zero attached hydrogens (tertiary/aromatic N) is 4. The molecule has 5 heteroatoms. The minimum atomic E-state index is -0.160. The monoisotopic (exact) mass is 433 g/mol. The van der Waals surface area contributed by atoms with Crippen LogP contribution in [-0.4, -0.2) is 19.6 Å². The molecule has 0 spiro atoms. The van der Waals surface area contributed by atoms with E-state index in [0.717, 1.165) is 70.4 Å². The van der Waals surface area contributed by atoms with E-state index in [0.29, 0.717) is 0 Å². The number of aromatic nitrogens is 4. The Morgan fingerprint density at radius 3 is 2.42 bits per heavy atom. The molecular weight excluding hydrogens is 406 g/mol. The number of aryl methyl sites for hydroxylation is 1. The van der Waals surface area contributed by atoms with Gasteiger partial charge in [-0.2, -0.15) is 0 Å². The average Bonchev–Trinajstić information content (AvgIpc) is 3.26. The first-order chi connectivity index (χ1) is 16.2. The van der Waals surface area contributed by atoms with Crippen LogP contribution in [0.4, 0.5) is 0 Å². The molecule has 1 aliphatic carbocycles. The van der Waals surface area contributed by atoms with Crippen molar-refractivity contribution in [1.82, 2.24) is 19.6 Å². The fourth-order valence-electron chi connectivity index (χ4n) is 4.90. The third kappa shape index (κ3) is 3.31. The molecule has 1 fully saturated rings. The largest absolute Gasteiger partial charge is 0.321 e. The first-order valence-electron chi connectivity index (χ1n) is 11.8. The lowest BCUT2D eigenvalue weighted by molar-refractivity contribution is 0.253. The number of hydrogen-bond acceptors (Lipinski definition) is 4. The Bertz CT molecular complexity index is 1450. The second kappa shape index (κ2) is 7.78. The highest BCUT2D eigenvalue weighted by atomic mass is 15.2. The van der Waals surface area contributed by atoms with Crippen LogP contribution in [0.3, 0.4) is 0 Å². The summed E-state index contributed by atoms with van der Waals surface area (Å²) < 4.78 is 2.09. The normalized spacial score (nSPS) is 15.1. The van der Waals surface area contributed by atoms with E-state index in [4.69, 9.17) is 10.7 Å². The Kier molecular flexibility index (Phi) is 4.73. The molecule has 0 atom stereocenters. The van der Waals surface area contributed by atoms with Crippen LogP contribution in [0.5, 0.6) is 0 Å². The van der Waals surface area contributed by atoms with Gasteiger partial charge in [-0.1, -0.05) is 61.5 Å². The van der Waals surface area contributed by atoms with Gasteiger partial charge in [0.25, 0.3) is 0 Å². The van der Waals surface area contributed by atoms with Gasteiger partial charge in [-0.25, -0.2) is 4.98 Å². The maximum atomic E-state index is 6.55. The Morgan fingerprint density at radius 2 is 1.73 bits per heavy atom. The Hall–Kier alpha value is -3.57. The predicted octanol–water partition coefficient (Wildman–Crippen LogP) is 5.90. The van der Waals surface area contributed by atoms with Gasteiger partial charge in [-0.15, -0.1) is 10.2 Å². The summed E-state index contributed by atoms with van der Waals surface area (Å²) in [6, 6.07) is 23.4. The lowest BCUT2D eigenvalue weighted by Gasteiger charge is -2.38. The first kappa shape index (κ1) is 20.1. The van der Waals surface area contributed by atoms with Gasteiger partial charge in [0.05, 0.1) is 11.2 Å². The maximum absolute atomic E-state index is 6.55. The fourth-order valence-corrected chi connectivity index (χ4v) is 4.90. The van der Waals surface area contributed by atoms with E-state index in [1.54, 1.807) is 0 Å². The van der Waals surface area contributed by atoms with Crippen molar-refractivity contribution >= 4 is 16.6 Å². The second-order valence-corrected chi connectivity index (χ2v) is 9.15. The highest BCUT2D eigenvalue weighted by Gasteiger charge is 2.34. The number of fused-ring (bicyclic) bond motifs is 3. The van der Waals surface area contributed by atoms with Crippen LogP contribution in [-0.2, 0) is 12.0 Å². The van der Waals surface area contributed by atoms with Gasteiger partial charge in [0.2, 0.25) is 0 Å². The number of benzene rings is 2. The molecule has 2 aromatic carbocycles. The van der Waals surface area contributed by atoms with Crippen LogP contribution in [0.15, 0.2) is 72.9 Å². The molecule has 1 aliphatic rings. The number of rotatable bonds is 5. The Labute approximate surface area is 193 Å². The molecule has 33 heavy (non-hydrogen) atoms. The van der Waals surface area contributed by atoms with Crippen LogP contribution < -0.4 is 5.73 Å². The molecule has 0 radical (unpaired) electrons. The molecule has 3 aromatic heterocycles. The van der Waals surface area contributed by atoms with Crippen LogP contribution in [0.25, 0.3) is 38.9 Å². The predicted molar refractivity (Wildman–Crippen MR) is 133 cm³/mol. The van der Waals surface area contributed by atoms with Gasteiger partial charge in [0.15, 0.2) is 5.65 Å². The summed E-state index contributed by atoms with van der Waals surface area (Å²) in [5, 5.41) is 9.97. The minimum Gasteiger partial charge on any atom is -0.321 e. The van der Waals surface area contributed by atoms with Crippen LogP contribution in [0, 0.1) is 0 Å². The zero-order valence-corrected chi connectivity index (χ0v) is 18.8. The molecule has 0 aliphatic heterocycles. The van der Waals surface area contributed by atoms with Gasteiger partial charge in [0, 0.05) is 34.7 Å². The molecule has 2 N–H and O–H groups in total. The molecule has 5 aromatic rings. The fraction of sp³-hybridized carbons (Fsp3) is 0.250. The molecule has 0 bridgehead atoms. The summed E-state index contributed by atoms with van der Waals surface area (Å²) in [5.41, 5.74) is 13.7. The number of hydrogen-bond donors (Lipinski definition) is 1. The molecule has 0 unspecified atom stereocenters. The summed E-state index contributed by atoms with van der Waals surface area (Å²) >= 11 is 0. The molecule has 0 amide bonds. The van der Waals surface area contributed by atoms with Crippen LogP contribution in [0.1, 0.15) is 44.0 Å². The van der Waals surface area contributed by atoms with E-state index >= 15 is 0 Å². The van der Waals surface area contributed by atoms with Crippen molar-refractivity contribution in [1.29, 1.82) is 0 Å². The van der Waals surface area contributed by atoms with E-state index in [1.165, 1.54) is 12.0 Å². The molecule has 5 nitrogen and oxygen atoms in total. The van der Waals surface area contributed by atoms with E-state index in [9.17, 15) is 0 Å². The van der Waals surface area contributed by atoms with Gasteiger partial charge < -0.3 is 5.73 Å². The topological polar surface area (TPSA) is 69.1 Å². The average molecular weight is 434 g/mol. The smallest absolute Gasteiger partial charge is 0.170 e. The number of pyridine rings is 2. The van der Waals surface area contributed by atoms with Crippen molar-refractivity contribution in [3.8, 4) is 22.4 Å². The lowest BCUT2D eigenvalue weighted by atomic mass is 9.72. The van der Waals surface area contributed by atoms with Gasteiger partial charge >= 0.3 is 0 Å². The van der Waals surface area contributed by atoms with E-state index < -0.39 is 0 Å². The summed E-state index contributed by atoms with van der Waals surface area (Å²) in [5.74, 6) is 0.988. The molecule has 0 saturated heterocycles. The van der Waals surface area contributed by atoms with Gasteiger partial charge in [-0.05, 0) is 48.9 Å². The molecule has 3 heterocycles. The zero-order chi connectivity index (χ0) is 22.4. The van der Waals surface area contributed by atoms with Crippen LogP contribution >= 0.6 is 0 Å². The zero-order valence-electron chi connectivity index (χ0n) is 18.8. The summed E-state index contributed by atoms with van der Waals surface area (Å²) in [4.78, 5) is 5.14. The van der Waals surface area contributed by atoms with E-state index in [-0.39, 0.29) is 5.54 Å². The molecule has 6 rings (SSSR count). The third-order valence-electron chi connectivity index (χ3n) is 6.98. The standard InChI is InChI=1S/C28H27N5/c1-2-7-25-31-32-27-23-18-22(19-8-4-3-5-9-19)26(30-24(23)14-17-33(25)27)20-10-12-21(13-11-20)28(29)15-6-16-28/h3-5,8-14,17-18H,2,6-7,15-16,29H2,1H3. The lowest BCUT2D eigenvalue weighted by Crippen LogP contribution is -2.43.